The maximum Gasteiger partial charge on any atom is 0.321 e. The average Bonchev–Trinajstić information content (AvgIpc) is 3.01. The Morgan fingerprint density at radius 3 is 2.57 bits per heavy atom. The third-order valence-electron chi connectivity index (χ3n) is 4.68. The van der Waals surface area contributed by atoms with Crippen LogP contribution in [-0.2, 0) is 0 Å². The number of non-ortho nitro benzene ring substituents is 1. The Balaban J connectivity index is 1.66. The molecule has 0 aromatic heterocycles. The zero-order chi connectivity index (χ0) is 15.0. The number of likely N-dealkylation sites (tertiary alicyclic amines) is 1. The van der Waals surface area contributed by atoms with Gasteiger partial charge in [0.25, 0.3) is 5.69 Å². The van der Waals surface area contributed by atoms with Crippen LogP contribution in [-0.4, -0.2) is 28.9 Å². The third kappa shape index (κ3) is 2.70. The van der Waals surface area contributed by atoms with Gasteiger partial charge in [-0.3, -0.25) is 10.1 Å². The fourth-order valence-electron chi connectivity index (χ4n) is 3.50. The predicted octanol–water partition coefficient (Wildman–Crippen LogP) is 3.17. The molecule has 1 saturated heterocycles. The van der Waals surface area contributed by atoms with Gasteiger partial charge in [-0.2, -0.15) is 0 Å². The summed E-state index contributed by atoms with van der Waals surface area (Å²) in [7, 11) is 0. The average molecular weight is 289 g/mol. The number of nitro groups is 1. The van der Waals surface area contributed by atoms with Crippen LogP contribution in [0.15, 0.2) is 18.2 Å². The fraction of sp³-hybridized carbons (Fsp3) is 0.533. The number of hydrogen-bond acceptors (Lipinski definition) is 3. The van der Waals surface area contributed by atoms with E-state index in [9.17, 15) is 14.9 Å². The lowest BCUT2D eigenvalue weighted by Crippen LogP contribution is -2.33. The number of amides is 2. The Kier molecular flexibility index (Phi) is 3.53. The number of rotatable bonds is 2. The summed E-state index contributed by atoms with van der Waals surface area (Å²) in [5, 5.41) is 13.6. The van der Waals surface area contributed by atoms with Crippen LogP contribution in [0.4, 0.5) is 16.2 Å². The van der Waals surface area contributed by atoms with Crippen molar-refractivity contribution >= 4 is 17.4 Å². The first-order valence-electron chi connectivity index (χ1n) is 7.35. The normalized spacial score (nSPS) is 24.0. The van der Waals surface area contributed by atoms with E-state index in [1.807, 2.05) is 4.90 Å². The molecule has 1 aliphatic carbocycles. The van der Waals surface area contributed by atoms with E-state index in [0.29, 0.717) is 23.1 Å². The minimum atomic E-state index is -0.430. The Morgan fingerprint density at radius 2 is 2.00 bits per heavy atom. The maximum absolute atomic E-state index is 12.3. The number of carbonyl (C=O) groups is 1. The summed E-state index contributed by atoms with van der Waals surface area (Å²) in [5.41, 5.74) is 1.39. The zero-order valence-electron chi connectivity index (χ0n) is 12.0. The fourth-order valence-corrected chi connectivity index (χ4v) is 3.50. The summed E-state index contributed by atoms with van der Waals surface area (Å²) in [6.45, 7) is 3.44. The summed E-state index contributed by atoms with van der Waals surface area (Å²) in [5.74, 6) is 1.32. The predicted molar refractivity (Wildman–Crippen MR) is 79.3 cm³/mol. The van der Waals surface area contributed by atoms with Crippen molar-refractivity contribution < 1.29 is 9.72 Å². The van der Waals surface area contributed by atoms with E-state index < -0.39 is 4.92 Å². The minimum absolute atomic E-state index is 0.0428. The second kappa shape index (κ2) is 5.35. The molecule has 0 spiro atoms. The Morgan fingerprint density at radius 1 is 1.33 bits per heavy atom. The molecule has 2 unspecified atom stereocenters. The molecule has 1 aliphatic heterocycles. The van der Waals surface area contributed by atoms with Gasteiger partial charge in [-0.25, -0.2) is 4.79 Å². The van der Waals surface area contributed by atoms with E-state index in [-0.39, 0.29) is 11.7 Å². The molecule has 6 heteroatoms. The zero-order valence-corrected chi connectivity index (χ0v) is 12.0. The molecule has 1 aromatic carbocycles. The highest BCUT2D eigenvalue weighted by Gasteiger charge is 2.38. The van der Waals surface area contributed by atoms with E-state index in [1.54, 1.807) is 13.0 Å². The lowest BCUT2D eigenvalue weighted by atomic mass is 10.0. The summed E-state index contributed by atoms with van der Waals surface area (Å²) >= 11 is 0. The number of nitrogens with zero attached hydrogens (tertiary/aromatic N) is 2. The van der Waals surface area contributed by atoms with Gasteiger partial charge in [-0.05, 0) is 43.2 Å². The van der Waals surface area contributed by atoms with Crippen molar-refractivity contribution in [2.75, 3.05) is 18.4 Å². The molecule has 1 aromatic rings. The monoisotopic (exact) mass is 289 g/mol. The summed E-state index contributed by atoms with van der Waals surface area (Å²) in [6, 6.07) is 4.40. The van der Waals surface area contributed by atoms with Crippen LogP contribution in [0.25, 0.3) is 0 Å². The molecule has 3 rings (SSSR count). The van der Waals surface area contributed by atoms with Crippen LogP contribution in [0.1, 0.15) is 24.8 Å². The number of hydrogen-bond donors (Lipinski definition) is 1. The molecule has 112 valence electrons. The number of fused-ring (bicyclic) bond motifs is 1. The molecule has 0 bridgehead atoms. The Labute approximate surface area is 123 Å². The molecule has 1 heterocycles. The molecule has 2 fully saturated rings. The van der Waals surface area contributed by atoms with Gasteiger partial charge >= 0.3 is 6.03 Å². The van der Waals surface area contributed by atoms with Gasteiger partial charge in [-0.15, -0.1) is 0 Å². The van der Waals surface area contributed by atoms with Crippen LogP contribution in [0.2, 0.25) is 0 Å². The van der Waals surface area contributed by atoms with Crippen LogP contribution < -0.4 is 5.32 Å². The lowest BCUT2D eigenvalue weighted by Gasteiger charge is -2.18. The number of carbonyl (C=O) groups excluding carboxylic acids is 1. The first-order chi connectivity index (χ1) is 10.0. The van der Waals surface area contributed by atoms with Gasteiger partial charge in [0.15, 0.2) is 0 Å². The van der Waals surface area contributed by atoms with Crippen molar-refractivity contribution in [2.45, 2.75) is 26.2 Å². The number of nitro benzene ring substituents is 1. The second-order valence-electron chi connectivity index (χ2n) is 6.04. The van der Waals surface area contributed by atoms with Gasteiger partial charge < -0.3 is 10.2 Å². The van der Waals surface area contributed by atoms with Crippen molar-refractivity contribution in [2.24, 2.45) is 11.8 Å². The van der Waals surface area contributed by atoms with Crippen LogP contribution >= 0.6 is 0 Å². The molecule has 2 atom stereocenters. The molecule has 2 aliphatic rings. The Bertz CT molecular complexity index is 576. The van der Waals surface area contributed by atoms with E-state index in [1.165, 1.54) is 31.4 Å². The highest BCUT2D eigenvalue weighted by molar-refractivity contribution is 5.90. The SMILES string of the molecule is Cc1cc([N+](=O)[O-])ccc1NC(=O)N1CC2CCCC2C1. The van der Waals surface area contributed by atoms with E-state index in [2.05, 4.69) is 5.32 Å². The van der Waals surface area contributed by atoms with Gasteiger partial charge in [0.05, 0.1) is 4.92 Å². The summed E-state index contributed by atoms with van der Waals surface area (Å²) < 4.78 is 0. The van der Waals surface area contributed by atoms with Gasteiger partial charge in [-0.1, -0.05) is 6.42 Å². The third-order valence-corrected chi connectivity index (χ3v) is 4.68. The molecule has 6 nitrogen and oxygen atoms in total. The molecular weight excluding hydrogens is 270 g/mol. The smallest absolute Gasteiger partial charge is 0.321 e. The van der Waals surface area contributed by atoms with Crippen molar-refractivity contribution in [3.05, 3.63) is 33.9 Å². The quantitative estimate of drug-likeness (QED) is 0.671. The highest BCUT2D eigenvalue weighted by atomic mass is 16.6. The van der Waals surface area contributed by atoms with Gasteiger partial charge in [0.2, 0.25) is 0 Å². The highest BCUT2D eigenvalue weighted by Crippen LogP contribution is 2.37. The van der Waals surface area contributed by atoms with Gasteiger partial charge in [0.1, 0.15) is 0 Å². The largest absolute Gasteiger partial charge is 0.324 e. The number of nitrogens with one attached hydrogen (secondary N) is 1. The van der Waals surface area contributed by atoms with Crippen molar-refractivity contribution in [3.8, 4) is 0 Å². The molecule has 2 amide bonds. The number of anilines is 1. The van der Waals surface area contributed by atoms with Crippen molar-refractivity contribution in [1.82, 2.24) is 4.90 Å². The van der Waals surface area contributed by atoms with Crippen LogP contribution in [0, 0.1) is 28.9 Å². The van der Waals surface area contributed by atoms with Crippen molar-refractivity contribution in [1.29, 1.82) is 0 Å². The number of urea groups is 1. The number of aryl methyl sites for hydroxylation is 1. The second-order valence-corrected chi connectivity index (χ2v) is 6.04. The lowest BCUT2D eigenvalue weighted by molar-refractivity contribution is -0.384. The first kappa shape index (κ1) is 13.9. The molecule has 0 radical (unpaired) electrons. The van der Waals surface area contributed by atoms with Crippen LogP contribution in [0.3, 0.4) is 0 Å². The standard InChI is InChI=1S/C15H19N3O3/c1-10-7-13(18(20)21)5-6-14(10)16-15(19)17-8-11-3-2-4-12(11)9-17/h5-7,11-12H,2-4,8-9H2,1H3,(H,16,19). The molecule has 1 N–H and O–H groups in total. The van der Waals surface area contributed by atoms with E-state index in [4.69, 9.17) is 0 Å². The topological polar surface area (TPSA) is 75.5 Å². The molecular formula is C15H19N3O3. The maximum atomic E-state index is 12.3. The van der Waals surface area contributed by atoms with E-state index in [0.717, 1.165) is 13.1 Å². The molecule has 1 saturated carbocycles. The van der Waals surface area contributed by atoms with Crippen LogP contribution in [0.5, 0.6) is 0 Å². The molecule has 21 heavy (non-hydrogen) atoms. The minimum Gasteiger partial charge on any atom is -0.324 e. The summed E-state index contributed by atoms with van der Waals surface area (Å²) in [4.78, 5) is 24.5. The van der Waals surface area contributed by atoms with Gasteiger partial charge in [0, 0.05) is 30.9 Å². The first-order valence-corrected chi connectivity index (χ1v) is 7.35. The summed E-state index contributed by atoms with van der Waals surface area (Å²) in [6.07, 6.45) is 3.74. The van der Waals surface area contributed by atoms with E-state index >= 15 is 0 Å². The Hall–Kier alpha value is -2.11. The van der Waals surface area contributed by atoms with Crippen molar-refractivity contribution in [3.63, 3.8) is 0 Å². The number of benzene rings is 1.